The molecule has 0 amide bonds. The Morgan fingerprint density at radius 1 is 0.714 bits per heavy atom. The molecule has 1 aliphatic heterocycles. The van der Waals surface area contributed by atoms with Gasteiger partial charge in [-0.15, -0.1) is 0 Å². The van der Waals surface area contributed by atoms with Crippen molar-refractivity contribution < 1.29 is 30.3 Å². The second-order valence-electron chi connectivity index (χ2n) is 14.2. The van der Waals surface area contributed by atoms with E-state index in [4.69, 9.17) is 9.65 Å². The molecule has 2 aliphatic rings. The molecule has 0 spiro atoms. The van der Waals surface area contributed by atoms with E-state index in [2.05, 4.69) is 37.5 Å². The number of hydrogen-bond donors (Lipinski definition) is 5. The summed E-state index contributed by atoms with van der Waals surface area (Å²) in [6, 6.07) is 5.61. The second kappa shape index (κ2) is 19.3. The highest BCUT2D eigenvalue weighted by molar-refractivity contribution is 8.18. The Labute approximate surface area is 338 Å². The summed E-state index contributed by atoms with van der Waals surface area (Å²) < 4.78 is 4.81. The Balaban J connectivity index is 1.38. The van der Waals surface area contributed by atoms with Crippen molar-refractivity contribution in [2.75, 3.05) is 31.1 Å². The Bertz CT molecular complexity index is 2180. The van der Waals surface area contributed by atoms with Gasteiger partial charge < -0.3 is 30.4 Å². The number of amidine groups is 1. The SMILES string of the molecule is CCCCN(CCCC)C1=[N+]=C(C)/C(=C\C=c2cc(O)c(=C3C(=O)C(c4c(O)cc(/C=C/c5sc(N(CCCC)CCCC)nc5C)cc4O)=C3O)c(O)c2)S1. The minimum Gasteiger partial charge on any atom is -0.507 e. The van der Waals surface area contributed by atoms with Crippen molar-refractivity contribution in [3.63, 3.8) is 0 Å². The number of Topliss-reactive ketones (excluding diaryl/α,β-unsaturated/α-hetero) is 1. The van der Waals surface area contributed by atoms with Crippen LogP contribution in [0.15, 0.2) is 41.0 Å². The van der Waals surface area contributed by atoms with Crippen molar-refractivity contribution >= 4 is 74.3 Å². The number of allylic oxidation sites excluding steroid dienone is 4. The van der Waals surface area contributed by atoms with E-state index in [0.29, 0.717) is 10.8 Å². The zero-order valence-electron chi connectivity index (χ0n) is 33.4. The summed E-state index contributed by atoms with van der Waals surface area (Å²) in [4.78, 5) is 24.9. The van der Waals surface area contributed by atoms with Crippen LogP contribution in [0.4, 0.5) is 5.13 Å². The maximum atomic E-state index is 13.5. The maximum absolute atomic E-state index is 13.5. The zero-order chi connectivity index (χ0) is 40.5. The molecule has 2 heterocycles. The largest absolute Gasteiger partial charge is 0.507 e. The molecule has 0 saturated heterocycles. The third-order valence-electron chi connectivity index (χ3n) is 9.83. The van der Waals surface area contributed by atoms with Crippen LogP contribution in [0.5, 0.6) is 23.0 Å². The molecule has 10 nitrogen and oxygen atoms in total. The quantitative estimate of drug-likeness (QED) is 0.0858. The first-order valence-corrected chi connectivity index (χ1v) is 21.3. The first-order valence-electron chi connectivity index (χ1n) is 19.7. The van der Waals surface area contributed by atoms with Crippen LogP contribution in [-0.2, 0) is 4.79 Å². The summed E-state index contributed by atoms with van der Waals surface area (Å²) in [5, 5.41) is 57.2. The number of aryl methyl sites for hydroxylation is 1. The van der Waals surface area contributed by atoms with Crippen LogP contribution in [0.25, 0.3) is 29.4 Å². The van der Waals surface area contributed by atoms with Crippen molar-refractivity contribution in [2.45, 2.75) is 92.9 Å². The fourth-order valence-electron chi connectivity index (χ4n) is 6.55. The number of carbonyl (C=O) groups excluding carboxylic acids is 1. The van der Waals surface area contributed by atoms with E-state index in [1.54, 1.807) is 35.3 Å². The number of aromatic nitrogens is 1. The summed E-state index contributed by atoms with van der Waals surface area (Å²) in [6.07, 6.45) is 16.0. The van der Waals surface area contributed by atoms with E-state index in [-0.39, 0.29) is 21.9 Å². The van der Waals surface area contributed by atoms with E-state index >= 15 is 0 Å². The van der Waals surface area contributed by atoms with E-state index in [1.165, 1.54) is 24.3 Å². The van der Waals surface area contributed by atoms with Gasteiger partial charge in [0.15, 0.2) is 5.13 Å². The molecule has 5 rings (SSSR count). The van der Waals surface area contributed by atoms with Gasteiger partial charge >= 0.3 is 5.17 Å². The molecule has 12 heteroatoms. The van der Waals surface area contributed by atoms with Crippen LogP contribution in [0, 0.1) is 6.92 Å². The predicted octanol–water partition coefficient (Wildman–Crippen LogP) is 7.75. The van der Waals surface area contributed by atoms with Gasteiger partial charge in [-0.3, -0.25) is 4.79 Å². The molecule has 298 valence electrons. The number of unbranched alkanes of at least 4 members (excludes halogenated alkanes) is 4. The summed E-state index contributed by atoms with van der Waals surface area (Å²) in [6.45, 7) is 16.4. The molecular weight excluding hydrogens is 745 g/mol. The number of phenols is 4. The first kappa shape index (κ1) is 42.2. The molecular formula is C44H55N4O6S2+. The van der Waals surface area contributed by atoms with Gasteiger partial charge in [0.05, 0.1) is 50.5 Å². The highest BCUT2D eigenvalue weighted by Gasteiger charge is 2.39. The van der Waals surface area contributed by atoms with Gasteiger partial charge in [-0.25, -0.2) is 14.6 Å². The Kier molecular flexibility index (Phi) is 14.6. The van der Waals surface area contributed by atoms with Crippen molar-refractivity contribution in [1.82, 2.24) is 14.6 Å². The summed E-state index contributed by atoms with van der Waals surface area (Å²) >= 11 is 3.19. The molecule has 5 N–H and O–H groups in total. The molecule has 2 aromatic carbocycles. The lowest BCUT2D eigenvalue weighted by atomic mass is 9.81. The van der Waals surface area contributed by atoms with Crippen molar-refractivity contribution in [2.24, 2.45) is 0 Å². The number of thioether (sulfide) groups is 1. The van der Waals surface area contributed by atoms with Gasteiger partial charge in [0.2, 0.25) is 11.5 Å². The Morgan fingerprint density at radius 3 is 1.80 bits per heavy atom. The van der Waals surface area contributed by atoms with E-state index in [0.717, 1.165) is 109 Å². The standard InChI is InChI=1S/C44H54N4O6S2/c1-7-11-19-47(20-12-8-2)43-45-27(5)35(55-43)17-15-29-23-31(49)37(32(50)24-29)39-41(53)40(42(39)54)38-33(51)25-30(26-34(38)52)16-18-36-28(6)46-44(56-36)48(21-13-9-3)22-14-10-4/h15-18,23-26H,7-14,19-22H2,1-6H3,(H4,49,50,51,52,53,54)/p+1/b17-15+. The monoisotopic (exact) mass is 799 g/mol. The smallest absolute Gasteiger partial charge is 0.411 e. The number of thiazole rings is 1. The second-order valence-corrected chi connectivity index (χ2v) is 16.3. The van der Waals surface area contributed by atoms with Gasteiger partial charge in [-0.1, -0.05) is 76.9 Å². The van der Waals surface area contributed by atoms with Crippen LogP contribution in [0.1, 0.15) is 108 Å². The first-order chi connectivity index (χ1) is 26.9. The number of hydrogen-bond acceptors (Lipinski definition) is 11. The number of carbonyl (C=O) groups is 1. The minimum absolute atomic E-state index is 0.229. The molecule has 1 aromatic heterocycles. The van der Waals surface area contributed by atoms with Crippen molar-refractivity contribution in [1.29, 1.82) is 0 Å². The fourth-order valence-corrected chi connectivity index (χ4v) is 8.59. The van der Waals surface area contributed by atoms with E-state index in [1.807, 2.05) is 26.0 Å². The van der Waals surface area contributed by atoms with E-state index < -0.39 is 34.5 Å². The minimum atomic E-state index is -0.739. The average molecular weight is 800 g/mol. The van der Waals surface area contributed by atoms with Crippen LogP contribution < -0.4 is 20.0 Å². The summed E-state index contributed by atoms with van der Waals surface area (Å²) in [7, 11) is 0. The Hall–Kier alpha value is -4.90. The van der Waals surface area contributed by atoms with Gasteiger partial charge in [-0.2, -0.15) is 0 Å². The molecule has 0 bridgehead atoms. The maximum Gasteiger partial charge on any atom is 0.411 e. The van der Waals surface area contributed by atoms with Gasteiger partial charge in [0, 0.05) is 31.8 Å². The molecule has 56 heavy (non-hydrogen) atoms. The Morgan fingerprint density at radius 2 is 1.27 bits per heavy atom. The third kappa shape index (κ3) is 9.54. The number of aromatic hydroxyl groups is 4. The number of rotatable bonds is 17. The topological polar surface area (TPSA) is 152 Å². The number of nitrogens with zero attached hydrogens (tertiary/aromatic N) is 4. The number of phenolic OH excluding ortho intramolecular Hbond substituents is 4. The highest BCUT2D eigenvalue weighted by Crippen LogP contribution is 2.45. The number of aliphatic hydroxyl groups is 1. The van der Waals surface area contributed by atoms with Gasteiger partial charge in [0.1, 0.15) is 28.8 Å². The molecule has 0 saturated carbocycles. The van der Waals surface area contributed by atoms with Crippen molar-refractivity contribution in [3.8, 4) is 23.0 Å². The number of aliphatic hydroxyl groups excluding tert-OH is 1. The van der Waals surface area contributed by atoms with E-state index in [9.17, 15) is 30.3 Å². The fraction of sp³-hybridized carbons (Fsp3) is 0.409. The highest BCUT2D eigenvalue weighted by atomic mass is 32.2. The summed E-state index contributed by atoms with van der Waals surface area (Å²) in [5.41, 5.74) is 1.41. The molecule has 0 atom stereocenters. The van der Waals surface area contributed by atoms with Crippen molar-refractivity contribution in [3.05, 3.63) is 73.1 Å². The lowest BCUT2D eigenvalue weighted by molar-refractivity contribution is -0.110. The van der Waals surface area contributed by atoms with Gasteiger partial charge in [0.25, 0.3) is 0 Å². The lowest BCUT2D eigenvalue weighted by Gasteiger charge is -2.23. The number of anilines is 1. The van der Waals surface area contributed by atoms with Crippen LogP contribution in [-0.4, -0.2) is 78.3 Å². The number of benzene rings is 2. The normalized spacial score (nSPS) is 14.9. The molecule has 0 radical (unpaired) electrons. The molecule has 0 fully saturated rings. The molecule has 3 aromatic rings. The predicted molar refractivity (Wildman–Crippen MR) is 234 cm³/mol. The van der Waals surface area contributed by atoms with Crippen LogP contribution in [0.2, 0.25) is 0 Å². The van der Waals surface area contributed by atoms with Gasteiger partial charge in [-0.05, 0) is 79.8 Å². The zero-order valence-corrected chi connectivity index (χ0v) is 35.0. The molecule has 0 unspecified atom stereocenters. The summed E-state index contributed by atoms with van der Waals surface area (Å²) in [5.74, 6) is -2.90. The van der Waals surface area contributed by atoms with Crippen LogP contribution >= 0.6 is 23.1 Å². The average Bonchev–Trinajstić information content (AvgIpc) is 3.73. The van der Waals surface area contributed by atoms with Crippen LogP contribution in [0.3, 0.4) is 0 Å². The number of ketones is 1. The molecule has 1 aliphatic carbocycles. The third-order valence-corrected chi connectivity index (χ3v) is 12.2. The lowest BCUT2D eigenvalue weighted by Crippen LogP contribution is -2.31.